The van der Waals surface area contributed by atoms with Crippen molar-refractivity contribution in [3.63, 3.8) is 0 Å². The van der Waals surface area contributed by atoms with Crippen LogP contribution in [-0.2, 0) is 52.7 Å². The first-order chi connectivity index (χ1) is 33.1. The molecule has 3 saturated heterocycles. The predicted octanol–water partition coefficient (Wildman–Crippen LogP) is -7.30. The molecule has 0 aliphatic carbocycles. The highest BCUT2D eigenvalue weighted by Crippen LogP contribution is 2.26. The number of carboxylic acid groups (broad SMARTS) is 1. The molecular formula is C41H69N17O12. The molecular weight excluding hydrogens is 923 g/mol. The number of nitrogens with zero attached hydrogens (tertiary/aromatic N) is 5. The largest absolute Gasteiger partial charge is 0.480 e. The lowest BCUT2D eigenvalue weighted by Crippen LogP contribution is -2.57. The third kappa shape index (κ3) is 18.3. The van der Waals surface area contributed by atoms with E-state index in [9.17, 15) is 57.8 Å². The van der Waals surface area contributed by atoms with Crippen LogP contribution in [0.5, 0.6) is 0 Å². The summed E-state index contributed by atoms with van der Waals surface area (Å²) in [5.74, 6) is -8.85. The van der Waals surface area contributed by atoms with Crippen molar-refractivity contribution in [3.8, 4) is 0 Å². The van der Waals surface area contributed by atoms with Crippen LogP contribution in [-0.4, -0.2) is 185 Å². The summed E-state index contributed by atoms with van der Waals surface area (Å²) in [6.45, 7) is -0.435. The Kier molecular flexibility index (Phi) is 23.0. The van der Waals surface area contributed by atoms with Crippen LogP contribution in [0.25, 0.3) is 0 Å². The molecule has 3 fully saturated rings. The number of likely N-dealkylation sites (tertiary alicyclic amines) is 3. The highest BCUT2D eigenvalue weighted by Gasteiger charge is 2.43. The number of hydrogen-bond acceptors (Lipinski definition) is 14. The van der Waals surface area contributed by atoms with E-state index < -0.39 is 120 Å². The molecule has 0 bridgehead atoms. The molecule has 10 amide bonds. The minimum absolute atomic E-state index is 0.0203. The van der Waals surface area contributed by atoms with Crippen molar-refractivity contribution in [2.24, 2.45) is 50.1 Å². The van der Waals surface area contributed by atoms with E-state index in [0.717, 1.165) is 0 Å². The highest BCUT2D eigenvalue weighted by atomic mass is 16.4. The van der Waals surface area contributed by atoms with Crippen LogP contribution < -0.4 is 66.7 Å². The number of nitrogens with one attached hydrogen (secondary N) is 5. The van der Waals surface area contributed by atoms with Gasteiger partial charge in [-0.25, -0.2) is 4.79 Å². The van der Waals surface area contributed by atoms with Crippen LogP contribution in [0.3, 0.4) is 0 Å². The fourth-order valence-electron chi connectivity index (χ4n) is 8.30. The molecule has 3 aliphatic heterocycles. The van der Waals surface area contributed by atoms with Gasteiger partial charge in [-0.2, -0.15) is 0 Å². The van der Waals surface area contributed by atoms with Gasteiger partial charge in [0.15, 0.2) is 11.9 Å². The number of amides is 10. The van der Waals surface area contributed by atoms with Crippen molar-refractivity contribution in [2.75, 3.05) is 45.8 Å². The molecule has 29 nitrogen and oxygen atoms in total. The second kappa shape index (κ2) is 28.2. The zero-order valence-corrected chi connectivity index (χ0v) is 39.1. The quantitative estimate of drug-likeness (QED) is 0.0197. The lowest BCUT2D eigenvalue weighted by Gasteiger charge is -2.31. The Morgan fingerprint density at radius 3 is 1.60 bits per heavy atom. The van der Waals surface area contributed by atoms with Gasteiger partial charge < -0.3 is 86.5 Å². The van der Waals surface area contributed by atoms with Gasteiger partial charge in [0.25, 0.3) is 0 Å². The fraction of sp³-hybridized carbons (Fsp3) is 0.683. The van der Waals surface area contributed by atoms with Crippen LogP contribution in [0, 0.1) is 0 Å². The molecule has 0 unspecified atom stereocenters. The summed E-state index contributed by atoms with van der Waals surface area (Å²) in [5, 5.41) is 22.0. The van der Waals surface area contributed by atoms with Gasteiger partial charge in [0.1, 0.15) is 36.3 Å². The minimum Gasteiger partial charge on any atom is -0.480 e. The molecule has 0 aromatic rings. The maximum atomic E-state index is 14.1. The van der Waals surface area contributed by atoms with Gasteiger partial charge in [-0.1, -0.05) is 0 Å². The maximum Gasteiger partial charge on any atom is 0.326 e. The van der Waals surface area contributed by atoms with Crippen molar-refractivity contribution in [3.05, 3.63) is 0 Å². The molecule has 3 aliphatic rings. The molecule has 29 heteroatoms. The smallest absolute Gasteiger partial charge is 0.326 e. The van der Waals surface area contributed by atoms with Crippen molar-refractivity contribution >= 4 is 77.0 Å². The third-order valence-corrected chi connectivity index (χ3v) is 11.9. The first-order valence-electron chi connectivity index (χ1n) is 23.1. The molecule has 7 atom stereocenters. The number of hydrogen-bond donors (Lipinski definition) is 13. The Labute approximate surface area is 403 Å². The van der Waals surface area contributed by atoms with Gasteiger partial charge in [-0.15, -0.1) is 0 Å². The first kappa shape index (κ1) is 57.0. The summed E-state index contributed by atoms with van der Waals surface area (Å²) in [7, 11) is 0. The number of carbonyl (C=O) groups excluding carboxylic acids is 10. The van der Waals surface area contributed by atoms with E-state index in [4.69, 9.17) is 40.1 Å². The van der Waals surface area contributed by atoms with Crippen molar-refractivity contribution in [2.45, 2.75) is 132 Å². The van der Waals surface area contributed by atoms with Gasteiger partial charge in [0.2, 0.25) is 59.1 Å². The van der Waals surface area contributed by atoms with E-state index in [0.29, 0.717) is 25.7 Å². The van der Waals surface area contributed by atoms with Gasteiger partial charge >= 0.3 is 5.97 Å². The summed E-state index contributed by atoms with van der Waals surface area (Å²) in [4.78, 5) is 154. The normalized spacial score (nSPS) is 19.1. The SMILES string of the molecule is NC(=O)CC[C@H](NC(=O)[C@@H]1CCCN1C(=O)[C@@H]1CCCN1C(=O)CNC(=O)[C@H](CCC(N)=O)NC(=O)[C@@H]1CCCN1C(=O)[C@H](CCCN=C(N)N)NC(=O)CNC(=O)[C@@H](N)CCCN=C(N)N)C(=O)O. The van der Waals surface area contributed by atoms with Gasteiger partial charge in [-0.05, 0) is 77.0 Å². The summed E-state index contributed by atoms with van der Waals surface area (Å²) in [5.41, 5.74) is 37.9. The van der Waals surface area contributed by atoms with E-state index >= 15 is 0 Å². The average Bonchev–Trinajstić information content (AvgIpc) is 4.11. The number of nitrogens with two attached hydrogens (primary N) is 7. The molecule has 0 aromatic carbocycles. The van der Waals surface area contributed by atoms with Gasteiger partial charge in [0.05, 0.1) is 19.1 Å². The lowest BCUT2D eigenvalue weighted by molar-refractivity contribution is -0.148. The number of guanidine groups is 2. The molecule has 70 heavy (non-hydrogen) atoms. The topological polar surface area (TPSA) is 485 Å². The van der Waals surface area contributed by atoms with Crippen molar-refractivity contribution in [1.82, 2.24) is 41.3 Å². The molecule has 20 N–H and O–H groups in total. The Morgan fingerprint density at radius 2 is 1.04 bits per heavy atom. The highest BCUT2D eigenvalue weighted by molar-refractivity contribution is 5.98. The van der Waals surface area contributed by atoms with E-state index in [2.05, 4.69) is 36.6 Å². The number of carboxylic acids is 1. The Morgan fingerprint density at radius 1 is 0.557 bits per heavy atom. The van der Waals surface area contributed by atoms with E-state index in [1.807, 2.05) is 0 Å². The lowest BCUT2D eigenvalue weighted by atomic mass is 10.1. The third-order valence-electron chi connectivity index (χ3n) is 11.9. The number of carbonyl (C=O) groups is 11. The van der Waals surface area contributed by atoms with E-state index in [1.165, 1.54) is 14.7 Å². The van der Waals surface area contributed by atoms with E-state index in [1.54, 1.807) is 0 Å². The summed E-state index contributed by atoms with van der Waals surface area (Å²) in [6, 6.07) is -8.20. The number of aliphatic imine (C=N–C) groups is 2. The first-order valence-corrected chi connectivity index (χ1v) is 23.1. The van der Waals surface area contributed by atoms with Crippen LogP contribution in [0.15, 0.2) is 9.98 Å². The van der Waals surface area contributed by atoms with Crippen LogP contribution in [0.1, 0.15) is 89.9 Å². The monoisotopic (exact) mass is 992 g/mol. The van der Waals surface area contributed by atoms with Crippen molar-refractivity contribution < 1.29 is 57.8 Å². The average molecular weight is 992 g/mol. The zero-order chi connectivity index (χ0) is 52.1. The second-order valence-corrected chi connectivity index (χ2v) is 17.2. The fourth-order valence-corrected chi connectivity index (χ4v) is 8.30. The number of aliphatic carboxylic acids is 1. The zero-order valence-electron chi connectivity index (χ0n) is 39.1. The minimum atomic E-state index is -1.42. The Bertz CT molecular complexity index is 1990. The van der Waals surface area contributed by atoms with E-state index in [-0.39, 0.29) is 109 Å². The second-order valence-electron chi connectivity index (χ2n) is 17.2. The molecule has 3 heterocycles. The van der Waals surface area contributed by atoms with Gasteiger partial charge in [0, 0.05) is 45.6 Å². The Balaban J connectivity index is 1.66. The van der Waals surface area contributed by atoms with Crippen LogP contribution in [0.4, 0.5) is 0 Å². The molecule has 0 aromatic heterocycles. The molecule has 3 rings (SSSR count). The predicted molar refractivity (Wildman–Crippen MR) is 248 cm³/mol. The number of primary amides is 2. The van der Waals surface area contributed by atoms with Crippen LogP contribution >= 0.6 is 0 Å². The Hall–Kier alpha value is -7.33. The molecule has 0 saturated carbocycles. The van der Waals surface area contributed by atoms with Gasteiger partial charge in [-0.3, -0.25) is 57.9 Å². The number of rotatable bonds is 28. The van der Waals surface area contributed by atoms with Crippen LogP contribution in [0.2, 0.25) is 0 Å². The van der Waals surface area contributed by atoms with Crippen molar-refractivity contribution in [1.29, 1.82) is 0 Å². The molecule has 0 spiro atoms. The molecule has 390 valence electrons. The standard InChI is InChI=1S/C41H69N17O12/c42-22(6-1-15-49-40(45)46)33(63)51-20-31(61)53-24(7-2-16-50-41(47)48)37(67)57-18-3-8-26(57)35(65)54-23(11-13-29(43)59)34(64)52-21-32(62)56-17-5-10-28(56)38(68)58-19-4-9-27(58)36(66)55-25(39(69)70)12-14-30(44)60/h22-28H,1-21,42H2,(H2,43,59)(H2,44,60)(H,51,63)(H,52,64)(H,53,61)(H,54,65)(H,55,66)(H,69,70)(H4,45,46,49)(H4,47,48,50)/t22-,23-,24-,25-,26-,27-,28-/m0/s1. The molecule has 0 radical (unpaired) electrons. The maximum absolute atomic E-state index is 14.1. The summed E-state index contributed by atoms with van der Waals surface area (Å²) in [6.07, 6.45) is 1.49. The summed E-state index contributed by atoms with van der Waals surface area (Å²) < 4.78 is 0. The summed E-state index contributed by atoms with van der Waals surface area (Å²) >= 11 is 0.